The van der Waals surface area contributed by atoms with E-state index in [9.17, 15) is 9.59 Å². The molecule has 0 atom stereocenters. The summed E-state index contributed by atoms with van der Waals surface area (Å²) >= 11 is 1.46. The highest BCUT2D eigenvalue weighted by atomic mass is 32.1. The molecule has 2 aromatic carbocycles. The van der Waals surface area contributed by atoms with E-state index in [0.29, 0.717) is 24.4 Å². The Morgan fingerprint density at radius 2 is 1.80 bits per heavy atom. The number of esters is 1. The molecule has 0 saturated carbocycles. The van der Waals surface area contributed by atoms with Crippen LogP contribution in [0.3, 0.4) is 0 Å². The van der Waals surface area contributed by atoms with Crippen LogP contribution in [-0.2, 0) is 14.9 Å². The molecule has 4 aromatic rings. The smallest absolute Gasteiger partial charge is 0.316 e. The SMILES string of the molecule is CCOC(=O)C(CC)(CC)c1ccc2c(c1)sc1nc(=O)cc(-c3ccccc3)n12. The van der Waals surface area contributed by atoms with E-state index in [0.717, 1.165) is 27.0 Å². The Morgan fingerprint density at radius 3 is 2.47 bits per heavy atom. The normalized spacial score (nSPS) is 11.8. The lowest BCUT2D eigenvalue weighted by molar-refractivity contribution is -0.150. The van der Waals surface area contributed by atoms with Gasteiger partial charge in [-0.25, -0.2) is 0 Å². The zero-order chi connectivity index (χ0) is 21.3. The summed E-state index contributed by atoms with van der Waals surface area (Å²) < 4.78 is 8.42. The number of carbonyl (C=O) groups is 1. The Bertz CT molecular complexity index is 1270. The van der Waals surface area contributed by atoms with Crippen molar-refractivity contribution in [3.8, 4) is 11.3 Å². The molecule has 154 valence electrons. The molecule has 5 nitrogen and oxygen atoms in total. The molecule has 0 aliphatic heterocycles. The number of nitrogens with zero attached hydrogens (tertiary/aromatic N) is 2. The maximum absolute atomic E-state index is 12.8. The first kappa shape index (κ1) is 20.3. The van der Waals surface area contributed by atoms with Crippen LogP contribution in [0.5, 0.6) is 0 Å². The second-order valence-corrected chi connectivity index (χ2v) is 8.27. The molecular weight excluding hydrogens is 396 g/mol. The first-order valence-corrected chi connectivity index (χ1v) is 11.0. The number of hydrogen-bond acceptors (Lipinski definition) is 5. The third kappa shape index (κ3) is 3.21. The van der Waals surface area contributed by atoms with Crippen molar-refractivity contribution in [2.45, 2.75) is 39.0 Å². The highest BCUT2D eigenvalue weighted by molar-refractivity contribution is 7.23. The summed E-state index contributed by atoms with van der Waals surface area (Å²) in [4.78, 5) is 30.0. The van der Waals surface area contributed by atoms with Gasteiger partial charge in [0.2, 0.25) is 0 Å². The summed E-state index contributed by atoms with van der Waals surface area (Å²) in [6.45, 7) is 6.22. The third-order valence-corrected chi connectivity index (χ3v) is 6.80. The van der Waals surface area contributed by atoms with Crippen LogP contribution < -0.4 is 5.56 Å². The molecule has 0 bridgehead atoms. The summed E-state index contributed by atoms with van der Waals surface area (Å²) in [6, 6.07) is 17.5. The topological polar surface area (TPSA) is 60.7 Å². The van der Waals surface area contributed by atoms with Gasteiger partial charge in [-0.05, 0) is 43.0 Å². The summed E-state index contributed by atoms with van der Waals surface area (Å²) in [5.74, 6) is -0.187. The van der Waals surface area contributed by atoms with E-state index < -0.39 is 5.41 Å². The largest absolute Gasteiger partial charge is 0.465 e. The lowest BCUT2D eigenvalue weighted by Gasteiger charge is -2.29. The van der Waals surface area contributed by atoms with Gasteiger partial charge < -0.3 is 4.74 Å². The molecule has 30 heavy (non-hydrogen) atoms. The van der Waals surface area contributed by atoms with Crippen LogP contribution in [0, 0.1) is 0 Å². The summed E-state index contributed by atoms with van der Waals surface area (Å²) in [6.07, 6.45) is 1.31. The Kier molecular flexibility index (Phi) is 5.43. The van der Waals surface area contributed by atoms with Crippen molar-refractivity contribution in [1.29, 1.82) is 0 Å². The molecule has 0 aliphatic rings. The van der Waals surface area contributed by atoms with E-state index in [1.54, 1.807) is 6.07 Å². The molecule has 0 fully saturated rings. The van der Waals surface area contributed by atoms with Gasteiger partial charge in [0.25, 0.3) is 5.56 Å². The number of benzene rings is 2. The molecule has 4 rings (SSSR count). The van der Waals surface area contributed by atoms with Gasteiger partial charge in [-0.15, -0.1) is 0 Å². The fraction of sp³-hybridized carbons (Fsp3) is 0.292. The Balaban J connectivity index is 1.96. The van der Waals surface area contributed by atoms with Crippen LogP contribution in [0.25, 0.3) is 26.4 Å². The van der Waals surface area contributed by atoms with Gasteiger partial charge in [0, 0.05) is 6.07 Å². The van der Waals surface area contributed by atoms with Gasteiger partial charge in [-0.2, -0.15) is 4.98 Å². The monoisotopic (exact) mass is 420 g/mol. The summed E-state index contributed by atoms with van der Waals surface area (Å²) in [5.41, 5.74) is 2.74. The van der Waals surface area contributed by atoms with Gasteiger partial charge >= 0.3 is 5.97 Å². The molecule has 2 heterocycles. The highest BCUT2D eigenvalue weighted by Crippen LogP contribution is 2.37. The van der Waals surface area contributed by atoms with Gasteiger partial charge in [0.15, 0.2) is 4.96 Å². The Hall–Kier alpha value is -2.99. The van der Waals surface area contributed by atoms with Crippen molar-refractivity contribution >= 4 is 32.5 Å². The summed E-state index contributed by atoms with van der Waals surface area (Å²) in [5, 5.41) is 0. The van der Waals surface area contributed by atoms with E-state index in [-0.39, 0.29) is 11.5 Å². The zero-order valence-corrected chi connectivity index (χ0v) is 18.2. The molecule has 0 radical (unpaired) electrons. The van der Waals surface area contributed by atoms with Crippen molar-refractivity contribution < 1.29 is 9.53 Å². The number of hydrogen-bond donors (Lipinski definition) is 0. The van der Waals surface area contributed by atoms with Crippen molar-refractivity contribution in [2.24, 2.45) is 0 Å². The average molecular weight is 421 g/mol. The van der Waals surface area contributed by atoms with Crippen molar-refractivity contribution in [3.05, 3.63) is 70.5 Å². The van der Waals surface area contributed by atoms with Crippen LogP contribution in [0.2, 0.25) is 0 Å². The van der Waals surface area contributed by atoms with E-state index in [1.807, 2.05) is 67.6 Å². The average Bonchev–Trinajstić information content (AvgIpc) is 3.12. The lowest BCUT2D eigenvalue weighted by Crippen LogP contribution is -2.36. The number of fused-ring (bicyclic) bond motifs is 3. The molecule has 0 aliphatic carbocycles. The lowest BCUT2D eigenvalue weighted by atomic mass is 9.76. The van der Waals surface area contributed by atoms with Gasteiger partial charge in [-0.1, -0.05) is 61.6 Å². The predicted molar refractivity (Wildman–Crippen MR) is 121 cm³/mol. The second-order valence-electron chi connectivity index (χ2n) is 7.26. The maximum atomic E-state index is 12.8. The van der Waals surface area contributed by atoms with E-state index in [2.05, 4.69) is 11.1 Å². The molecule has 0 spiro atoms. The minimum absolute atomic E-state index is 0.187. The maximum Gasteiger partial charge on any atom is 0.316 e. The van der Waals surface area contributed by atoms with Crippen molar-refractivity contribution in [1.82, 2.24) is 9.38 Å². The number of ether oxygens (including phenoxy) is 1. The first-order chi connectivity index (χ1) is 14.5. The molecular formula is C24H24N2O3S. The van der Waals surface area contributed by atoms with E-state index >= 15 is 0 Å². The fourth-order valence-corrected chi connectivity index (χ4v) is 5.16. The number of aromatic nitrogens is 2. The molecule has 2 aromatic heterocycles. The fourth-order valence-electron chi connectivity index (χ4n) is 4.09. The van der Waals surface area contributed by atoms with E-state index in [4.69, 9.17) is 4.74 Å². The number of rotatable bonds is 6. The van der Waals surface area contributed by atoms with Crippen molar-refractivity contribution in [2.75, 3.05) is 6.61 Å². The van der Waals surface area contributed by atoms with Gasteiger partial charge in [0.1, 0.15) is 0 Å². The second kappa shape index (κ2) is 8.03. The molecule has 0 saturated heterocycles. The zero-order valence-electron chi connectivity index (χ0n) is 17.3. The van der Waals surface area contributed by atoms with Crippen molar-refractivity contribution in [3.63, 3.8) is 0 Å². The molecule has 0 unspecified atom stereocenters. The van der Waals surface area contributed by atoms with Gasteiger partial charge in [-0.3, -0.25) is 14.0 Å². The van der Waals surface area contributed by atoms with Crippen LogP contribution >= 0.6 is 11.3 Å². The highest BCUT2D eigenvalue weighted by Gasteiger charge is 2.38. The quantitative estimate of drug-likeness (QED) is 0.402. The Labute approximate surface area is 179 Å². The number of carbonyl (C=O) groups excluding carboxylic acids is 1. The standard InChI is InChI=1S/C24H24N2O3S/c1-4-24(5-2,22(28)29-6-3)17-12-13-18-20(14-17)30-23-25-21(27)15-19(26(18)23)16-10-8-7-9-11-16/h7-15H,4-6H2,1-3H3. The minimum Gasteiger partial charge on any atom is -0.465 e. The van der Waals surface area contributed by atoms with Crippen LogP contribution in [0.15, 0.2) is 59.4 Å². The number of thiazole rings is 1. The van der Waals surface area contributed by atoms with Crippen LogP contribution in [0.1, 0.15) is 39.2 Å². The van der Waals surface area contributed by atoms with Crippen LogP contribution in [0.4, 0.5) is 0 Å². The molecule has 0 amide bonds. The third-order valence-electron chi connectivity index (χ3n) is 5.80. The predicted octanol–water partition coefficient (Wildman–Crippen LogP) is 5.20. The summed E-state index contributed by atoms with van der Waals surface area (Å²) in [7, 11) is 0. The van der Waals surface area contributed by atoms with Gasteiger partial charge in [0.05, 0.1) is 27.9 Å². The first-order valence-electron chi connectivity index (χ1n) is 10.2. The molecule has 0 N–H and O–H groups in total. The van der Waals surface area contributed by atoms with E-state index in [1.165, 1.54) is 11.3 Å². The van der Waals surface area contributed by atoms with Crippen LogP contribution in [-0.4, -0.2) is 22.0 Å². The minimum atomic E-state index is -0.676. The Morgan fingerprint density at radius 1 is 1.07 bits per heavy atom. The molecule has 6 heteroatoms.